The molecule has 0 heterocycles. The highest BCUT2D eigenvalue weighted by atomic mass is 16.4. The van der Waals surface area contributed by atoms with Crippen LogP contribution in [0.3, 0.4) is 0 Å². The third kappa shape index (κ3) is 4.51. The van der Waals surface area contributed by atoms with Gasteiger partial charge in [0, 0.05) is 17.2 Å². The highest BCUT2D eigenvalue weighted by Crippen LogP contribution is 2.17. The van der Waals surface area contributed by atoms with Crippen LogP contribution in [0.4, 0.5) is 0 Å². The van der Waals surface area contributed by atoms with Crippen LogP contribution in [0.25, 0.3) is 0 Å². The number of aliphatic carboxylic acids is 1. The molecule has 18 heavy (non-hydrogen) atoms. The first-order chi connectivity index (χ1) is 8.52. The van der Waals surface area contributed by atoms with Crippen molar-refractivity contribution in [1.29, 1.82) is 0 Å². The van der Waals surface area contributed by atoms with Gasteiger partial charge in [-0.2, -0.15) is 0 Å². The monoisotopic (exact) mass is 253 g/mol. The Labute approximate surface area is 108 Å². The van der Waals surface area contributed by atoms with Gasteiger partial charge in [-0.3, -0.25) is 4.79 Å². The number of nitrogens with one attached hydrogen (secondary N) is 1. The summed E-state index contributed by atoms with van der Waals surface area (Å²) in [6, 6.07) is 0.203. The third-order valence-electron chi connectivity index (χ3n) is 3.66. The van der Waals surface area contributed by atoms with Crippen molar-refractivity contribution in [3.05, 3.63) is 11.1 Å². The van der Waals surface area contributed by atoms with Gasteiger partial charge in [0.05, 0.1) is 0 Å². The summed E-state index contributed by atoms with van der Waals surface area (Å²) >= 11 is 0. The van der Waals surface area contributed by atoms with Gasteiger partial charge >= 0.3 is 5.97 Å². The maximum Gasteiger partial charge on any atom is 0.331 e. The van der Waals surface area contributed by atoms with Gasteiger partial charge in [0.1, 0.15) is 0 Å². The van der Waals surface area contributed by atoms with Gasteiger partial charge < -0.3 is 10.4 Å². The average Bonchev–Trinajstić information content (AvgIpc) is 2.30. The van der Waals surface area contributed by atoms with Gasteiger partial charge in [-0.25, -0.2) is 4.79 Å². The van der Waals surface area contributed by atoms with Gasteiger partial charge in [0.2, 0.25) is 5.91 Å². The van der Waals surface area contributed by atoms with Crippen LogP contribution in [0.15, 0.2) is 11.1 Å². The molecule has 0 radical (unpaired) electrons. The summed E-state index contributed by atoms with van der Waals surface area (Å²) in [6.45, 7) is 3.04. The van der Waals surface area contributed by atoms with Crippen molar-refractivity contribution in [2.45, 2.75) is 64.8 Å². The Balaban J connectivity index is 2.57. The lowest BCUT2D eigenvalue weighted by atomic mass is 9.96. The summed E-state index contributed by atoms with van der Waals surface area (Å²) in [5.74, 6) is -1.26. The van der Waals surface area contributed by atoms with Crippen LogP contribution in [0.1, 0.15) is 58.8 Å². The Morgan fingerprint density at radius 1 is 0.944 bits per heavy atom. The summed E-state index contributed by atoms with van der Waals surface area (Å²) in [5.41, 5.74) is 0.433. The molecule has 1 rings (SSSR count). The van der Waals surface area contributed by atoms with E-state index in [2.05, 4.69) is 5.32 Å². The first-order valence-electron chi connectivity index (χ1n) is 6.74. The van der Waals surface area contributed by atoms with Crippen LogP contribution in [0.2, 0.25) is 0 Å². The minimum Gasteiger partial charge on any atom is -0.478 e. The number of carboxylic acids is 1. The smallest absolute Gasteiger partial charge is 0.331 e. The maximum absolute atomic E-state index is 11.9. The standard InChI is InChI=1S/C14H23NO3/c1-10(11(2)14(17)18)13(16)15-12-8-6-4-3-5-7-9-12/h12H,3-9H2,1-2H3,(H,15,16)(H,17,18)/b11-10-. The fraction of sp³-hybridized carbons (Fsp3) is 0.714. The quantitative estimate of drug-likeness (QED) is 0.760. The van der Waals surface area contributed by atoms with Gasteiger partial charge in [0.25, 0.3) is 0 Å². The fourth-order valence-corrected chi connectivity index (χ4v) is 2.22. The predicted octanol–water partition coefficient (Wildman–Crippen LogP) is 2.64. The lowest BCUT2D eigenvalue weighted by molar-refractivity contribution is -0.133. The molecule has 1 saturated carbocycles. The topological polar surface area (TPSA) is 66.4 Å². The molecule has 0 aromatic carbocycles. The SMILES string of the molecule is C/C(C(=O)O)=C(\C)C(=O)NC1CCCCCCC1. The molecule has 1 aliphatic carbocycles. The molecule has 0 spiro atoms. The lowest BCUT2D eigenvalue weighted by Gasteiger charge is -2.21. The summed E-state index contributed by atoms with van der Waals surface area (Å²) in [5, 5.41) is 11.8. The molecule has 102 valence electrons. The second-order valence-corrected chi connectivity index (χ2v) is 5.07. The number of carboxylic acid groups (broad SMARTS) is 1. The van der Waals surface area contributed by atoms with Crippen LogP contribution in [-0.2, 0) is 9.59 Å². The number of hydrogen-bond donors (Lipinski definition) is 2. The van der Waals surface area contributed by atoms with Crippen LogP contribution in [0.5, 0.6) is 0 Å². The summed E-state index contributed by atoms with van der Waals surface area (Å²) < 4.78 is 0. The molecule has 0 aromatic heterocycles. The highest BCUT2D eigenvalue weighted by molar-refractivity contribution is 6.01. The number of carbonyl (C=O) groups excluding carboxylic acids is 1. The zero-order valence-corrected chi connectivity index (χ0v) is 11.3. The van der Waals surface area contributed by atoms with Gasteiger partial charge in [-0.1, -0.05) is 32.1 Å². The van der Waals surface area contributed by atoms with E-state index in [1.807, 2.05) is 0 Å². The first kappa shape index (κ1) is 14.7. The second-order valence-electron chi connectivity index (χ2n) is 5.07. The van der Waals surface area contributed by atoms with Crippen molar-refractivity contribution in [2.75, 3.05) is 0 Å². The van der Waals surface area contributed by atoms with Crippen molar-refractivity contribution in [3.8, 4) is 0 Å². The van der Waals surface area contributed by atoms with E-state index in [0.717, 1.165) is 25.7 Å². The molecule has 1 aliphatic rings. The van der Waals surface area contributed by atoms with E-state index in [4.69, 9.17) is 5.11 Å². The fourth-order valence-electron chi connectivity index (χ4n) is 2.22. The molecule has 1 fully saturated rings. The number of carbonyl (C=O) groups is 2. The Morgan fingerprint density at radius 2 is 1.44 bits per heavy atom. The van der Waals surface area contributed by atoms with Crippen LogP contribution < -0.4 is 5.32 Å². The van der Waals surface area contributed by atoms with Crippen molar-refractivity contribution in [1.82, 2.24) is 5.32 Å². The predicted molar refractivity (Wildman–Crippen MR) is 70.3 cm³/mol. The van der Waals surface area contributed by atoms with E-state index in [-0.39, 0.29) is 17.5 Å². The van der Waals surface area contributed by atoms with E-state index in [0.29, 0.717) is 5.57 Å². The molecule has 0 aliphatic heterocycles. The van der Waals surface area contributed by atoms with E-state index in [1.165, 1.54) is 26.2 Å². The van der Waals surface area contributed by atoms with Gasteiger partial charge in [-0.15, -0.1) is 0 Å². The number of amides is 1. The van der Waals surface area contributed by atoms with Crippen LogP contribution in [-0.4, -0.2) is 23.0 Å². The number of hydrogen-bond acceptors (Lipinski definition) is 2. The minimum atomic E-state index is -1.03. The summed E-state index contributed by atoms with van der Waals surface area (Å²) in [6.07, 6.45) is 8.05. The molecule has 0 aromatic rings. The van der Waals surface area contributed by atoms with Gasteiger partial charge in [-0.05, 0) is 26.7 Å². The largest absolute Gasteiger partial charge is 0.478 e. The number of rotatable bonds is 3. The molecule has 2 N–H and O–H groups in total. The van der Waals surface area contributed by atoms with Crippen molar-refractivity contribution < 1.29 is 14.7 Å². The van der Waals surface area contributed by atoms with E-state index < -0.39 is 5.97 Å². The van der Waals surface area contributed by atoms with E-state index >= 15 is 0 Å². The molecular formula is C14H23NO3. The molecule has 4 nitrogen and oxygen atoms in total. The molecule has 0 atom stereocenters. The zero-order valence-electron chi connectivity index (χ0n) is 11.3. The van der Waals surface area contributed by atoms with Crippen molar-refractivity contribution in [3.63, 3.8) is 0 Å². The second kappa shape index (κ2) is 7.19. The molecule has 0 bridgehead atoms. The molecule has 4 heteroatoms. The van der Waals surface area contributed by atoms with Crippen LogP contribution in [0, 0.1) is 0 Å². The van der Waals surface area contributed by atoms with Crippen molar-refractivity contribution in [2.24, 2.45) is 0 Å². The van der Waals surface area contributed by atoms with Gasteiger partial charge in [0.15, 0.2) is 0 Å². The Kier molecular flexibility index (Phi) is 5.89. The lowest BCUT2D eigenvalue weighted by Crippen LogP contribution is -2.36. The third-order valence-corrected chi connectivity index (χ3v) is 3.66. The maximum atomic E-state index is 11.9. The molecule has 1 amide bonds. The minimum absolute atomic E-state index is 0.123. The Bertz CT molecular complexity index is 339. The molecule has 0 unspecified atom stereocenters. The first-order valence-corrected chi connectivity index (χ1v) is 6.74. The summed E-state index contributed by atoms with van der Waals surface area (Å²) in [4.78, 5) is 22.7. The molecule has 0 saturated heterocycles. The van der Waals surface area contributed by atoms with E-state index in [1.54, 1.807) is 6.92 Å². The van der Waals surface area contributed by atoms with Crippen molar-refractivity contribution >= 4 is 11.9 Å². The normalized spacial score (nSPS) is 19.4. The summed E-state index contributed by atoms with van der Waals surface area (Å²) in [7, 11) is 0. The Morgan fingerprint density at radius 3 is 1.94 bits per heavy atom. The zero-order chi connectivity index (χ0) is 13.5. The van der Waals surface area contributed by atoms with Crippen LogP contribution >= 0.6 is 0 Å². The average molecular weight is 253 g/mol. The molecular weight excluding hydrogens is 230 g/mol. The van der Waals surface area contributed by atoms with E-state index in [9.17, 15) is 9.59 Å². The highest BCUT2D eigenvalue weighted by Gasteiger charge is 2.17. The Hall–Kier alpha value is -1.32.